The van der Waals surface area contributed by atoms with Gasteiger partial charge in [0, 0.05) is 13.1 Å². The summed E-state index contributed by atoms with van der Waals surface area (Å²) in [6.07, 6.45) is 1.15. The van der Waals surface area contributed by atoms with E-state index in [2.05, 4.69) is 18.7 Å². The molecule has 1 atom stereocenters. The lowest BCUT2D eigenvalue weighted by molar-refractivity contribution is 0.0527. The van der Waals surface area contributed by atoms with Crippen LogP contribution in [0, 0.1) is 11.8 Å². The van der Waals surface area contributed by atoms with Gasteiger partial charge in [-0.2, -0.15) is 0 Å². The normalized spacial score (nSPS) is 18.6. The summed E-state index contributed by atoms with van der Waals surface area (Å²) in [5.41, 5.74) is 8.18. The molecule has 0 amide bonds. The molecule has 1 heterocycles. The highest BCUT2D eigenvalue weighted by Gasteiger charge is 2.29. The van der Waals surface area contributed by atoms with Gasteiger partial charge >= 0.3 is 5.97 Å². The van der Waals surface area contributed by atoms with Crippen molar-refractivity contribution in [2.45, 2.75) is 27.2 Å². The molecule has 1 saturated heterocycles. The van der Waals surface area contributed by atoms with E-state index in [1.807, 2.05) is 13.0 Å². The number of nitrogens with two attached hydrogens (primary N) is 1. The zero-order chi connectivity index (χ0) is 14.7. The van der Waals surface area contributed by atoms with E-state index in [9.17, 15) is 4.79 Å². The highest BCUT2D eigenvalue weighted by Crippen LogP contribution is 2.34. The molecule has 2 rings (SSSR count). The molecule has 4 heteroatoms. The van der Waals surface area contributed by atoms with E-state index < -0.39 is 0 Å². The van der Waals surface area contributed by atoms with E-state index in [4.69, 9.17) is 10.5 Å². The Morgan fingerprint density at radius 1 is 1.50 bits per heavy atom. The molecule has 2 N–H and O–H groups in total. The number of carbonyl (C=O) groups is 1. The minimum absolute atomic E-state index is 0.289. The Morgan fingerprint density at radius 2 is 2.25 bits per heavy atom. The predicted octanol–water partition coefficient (Wildman–Crippen LogP) is 2.93. The number of ether oxygens (including phenoxy) is 1. The largest absolute Gasteiger partial charge is 0.462 e. The molecule has 4 nitrogen and oxygen atoms in total. The van der Waals surface area contributed by atoms with Crippen LogP contribution >= 0.6 is 0 Å². The Morgan fingerprint density at radius 3 is 2.85 bits per heavy atom. The second-order valence-corrected chi connectivity index (χ2v) is 5.70. The first kappa shape index (κ1) is 14.7. The number of esters is 1. The molecule has 1 aliphatic heterocycles. The molecule has 1 unspecified atom stereocenters. The molecule has 1 aromatic carbocycles. The molecule has 0 spiro atoms. The Labute approximate surface area is 120 Å². The van der Waals surface area contributed by atoms with E-state index in [0.29, 0.717) is 29.7 Å². The van der Waals surface area contributed by atoms with Crippen LogP contribution in [0.4, 0.5) is 11.4 Å². The van der Waals surface area contributed by atoms with Crippen LogP contribution in [-0.2, 0) is 4.74 Å². The van der Waals surface area contributed by atoms with Gasteiger partial charge in [-0.3, -0.25) is 0 Å². The lowest BCUT2D eigenvalue weighted by Gasteiger charge is -2.24. The van der Waals surface area contributed by atoms with Crippen molar-refractivity contribution in [3.63, 3.8) is 0 Å². The van der Waals surface area contributed by atoms with E-state index in [1.54, 1.807) is 12.1 Å². The predicted molar refractivity (Wildman–Crippen MR) is 82.0 cm³/mol. The second kappa shape index (κ2) is 6.16. The highest BCUT2D eigenvalue weighted by molar-refractivity contribution is 5.99. The number of benzene rings is 1. The van der Waals surface area contributed by atoms with Crippen LogP contribution in [0.25, 0.3) is 0 Å². The molecule has 1 fully saturated rings. The van der Waals surface area contributed by atoms with Gasteiger partial charge in [-0.1, -0.05) is 19.9 Å². The summed E-state index contributed by atoms with van der Waals surface area (Å²) in [6.45, 7) is 8.58. The van der Waals surface area contributed by atoms with Gasteiger partial charge in [0.05, 0.1) is 23.5 Å². The van der Waals surface area contributed by atoms with Gasteiger partial charge in [-0.05, 0) is 37.3 Å². The maximum Gasteiger partial charge on any atom is 0.340 e. The van der Waals surface area contributed by atoms with Gasteiger partial charge in [0.25, 0.3) is 0 Å². The van der Waals surface area contributed by atoms with Crippen LogP contribution < -0.4 is 10.6 Å². The fourth-order valence-corrected chi connectivity index (χ4v) is 2.82. The van der Waals surface area contributed by atoms with E-state index in [1.165, 1.54) is 0 Å². The minimum Gasteiger partial charge on any atom is -0.462 e. The van der Waals surface area contributed by atoms with Crippen LogP contribution in [0.2, 0.25) is 0 Å². The molecular weight excluding hydrogens is 252 g/mol. The Kier molecular flexibility index (Phi) is 4.53. The van der Waals surface area contributed by atoms with Crippen molar-refractivity contribution in [2.75, 3.05) is 30.3 Å². The molecule has 0 saturated carbocycles. The van der Waals surface area contributed by atoms with Crippen molar-refractivity contribution in [2.24, 2.45) is 11.8 Å². The second-order valence-electron chi connectivity index (χ2n) is 5.70. The third-order valence-electron chi connectivity index (χ3n) is 4.05. The smallest absolute Gasteiger partial charge is 0.340 e. The SMILES string of the molecule is CCOC(=O)c1cccc(N)c1N1CCC(C(C)C)C1. The number of rotatable bonds is 4. The van der Waals surface area contributed by atoms with Crippen LogP contribution in [0.5, 0.6) is 0 Å². The molecule has 0 bridgehead atoms. The topological polar surface area (TPSA) is 55.6 Å². The first-order valence-corrected chi connectivity index (χ1v) is 7.35. The maximum atomic E-state index is 12.1. The van der Waals surface area contributed by atoms with E-state index in [0.717, 1.165) is 25.2 Å². The van der Waals surface area contributed by atoms with Gasteiger partial charge in [0.1, 0.15) is 0 Å². The summed E-state index contributed by atoms with van der Waals surface area (Å²) in [6, 6.07) is 5.45. The fourth-order valence-electron chi connectivity index (χ4n) is 2.82. The third-order valence-corrected chi connectivity index (χ3v) is 4.05. The first-order chi connectivity index (χ1) is 9.54. The van der Waals surface area contributed by atoms with Gasteiger partial charge in [0.2, 0.25) is 0 Å². The monoisotopic (exact) mass is 276 g/mol. The quantitative estimate of drug-likeness (QED) is 0.678. The third kappa shape index (κ3) is 2.89. The number of hydrogen-bond donors (Lipinski definition) is 1. The molecule has 0 aromatic heterocycles. The van der Waals surface area contributed by atoms with Gasteiger partial charge in [-0.15, -0.1) is 0 Å². The maximum absolute atomic E-state index is 12.1. The number of nitrogens with zero attached hydrogens (tertiary/aromatic N) is 1. The molecule has 20 heavy (non-hydrogen) atoms. The number of para-hydroxylation sites is 1. The van der Waals surface area contributed by atoms with Crippen LogP contribution in [0.15, 0.2) is 18.2 Å². The van der Waals surface area contributed by atoms with E-state index >= 15 is 0 Å². The van der Waals surface area contributed by atoms with Crippen LogP contribution in [0.1, 0.15) is 37.6 Å². The summed E-state index contributed by atoms with van der Waals surface area (Å²) in [7, 11) is 0. The van der Waals surface area contributed by atoms with E-state index in [-0.39, 0.29) is 5.97 Å². The number of anilines is 2. The standard InChI is InChI=1S/C16H24N2O2/c1-4-20-16(19)13-6-5-7-14(17)15(13)18-9-8-12(10-18)11(2)3/h5-7,11-12H,4,8-10,17H2,1-3H3. The number of nitrogen functional groups attached to an aromatic ring is 1. The van der Waals surface area contributed by atoms with Gasteiger partial charge < -0.3 is 15.4 Å². The van der Waals surface area contributed by atoms with Crippen molar-refractivity contribution in [3.05, 3.63) is 23.8 Å². The lowest BCUT2D eigenvalue weighted by atomic mass is 9.95. The number of carbonyl (C=O) groups excluding carboxylic acids is 1. The van der Waals surface area contributed by atoms with Gasteiger partial charge in [-0.25, -0.2) is 4.79 Å². The number of hydrogen-bond acceptors (Lipinski definition) is 4. The van der Waals surface area contributed by atoms with Gasteiger partial charge in [0.15, 0.2) is 0 Å². The summed E-state index contributed by atoms with van der Waals surface area (Å²) < 4.78 is 5.14. The lowest BCUT2D eigenvalue weighted by Crippen LogP contribution is -2.25. The van der Waals surface area contributed by atoms with Crippen molar-refractivity contribution in [3.8, 4) is 0 Å². The van der Waals surface area contributed by atoms with Crippen molar-refractivity contribution < 1.29 is 9.53 Å². The fraction of sp³-hybridized carbons (Fsp3) is 0.562. The summed E-state index contributed by atoms with van der Waals surface area (Å²) in [4.78, 5) is 14.3. The zero-order valence-corrected chi connectivity index (χ0v) is 12.6. The van der Waals surface area contributed by atoms with Crippen LogP contribution in [0.3, 0.4) is 0 Å². The molecule has 1 aliphatic rings. The Hall–Kier alpha value is -1.71. The van der Waals surface area contributed by atoms with Crippen molar-refractivity contribution in [1.82, 2.24) is 0 Å². The molecule has 1 aromatic rings. The average Bonchev–Trinajstić information content (AvgIpc) is 2.88. The molecular formula is C16H24N2O2. The minimum atomic E-state index is -0.289. The summed E-state index contributed by atoms with van der Waals surface area (Å²) in [5.74, 6) is 1.02. The molecule has 0 radical (unpaired) electrons. The highest BCUT2D eigenvalue weighted by atomic mass is 16.5. The van der Waals surface area contributed by atoms with Crippen LogP contribution in [-0.4, -0.2) is 25.7 Å². The Balaban J connectivity index is 2.29. The Bertz CT molecular complexity index is 485. The molecule has 0 aliphatic carbocycles. The summed E-state index contributed by atoms with van der Waals surface area (Å²) in [5, 5.41) is 0. The average molecular weight is 276 g/mol. The zero-order valence-electron chi connectivity index (χ0n) is 12.6. The summed E-state index contributed by atoms with van der Waals surface area (Å²) >= 11 is 0. The van der Waals surface area contributed by atoms with Crippen molar-refractivity contribution in [1.29, 1.82) is 0 Å². The molecule has 110 valence electrons. The van der Waals surface area contributed by atoms with Crippen molar-refractivity contribution >= 4 is 17.3 Å². The first-order valence-electron chi connectivity index (χ1n) is 7.35.